The van der Waals surface area contributed by atoms with Gasteiger partial charge in [-0.25, -0.2) is 4.79 Å². The van der Waals surface area contributed by atoms with Gasteiger partial charge in [-0.1, -0.05) is 36.4 Å². The van der Waals surface area contributed by atoms with Gasteiger partial charge in [0.2, 0.25) is 5.69 Å². The van der Waals surface area contributed by atoms with E-state index in [1.54, 1.807) is 67.5 Å². The Morgan fingerprint density at radius 3 is 1.49 bits per heavy atom. The Morgan fingerprint density at radius 2 is 0.962 bits per heavy atom. The van der Waals surface area contributed by atoms with Gasteiger partial charge in [0, 0.05) is 85.5 Å². The SMILES string of the molecule is COCCOCCOCCOCCC1(C)C(/C=C/C=C/C=C/C=C2/N(CCOC)c3cc(S(=O)(=O)O)c4ccc(S(=O)(=O)O)cc4c3C2(C)CCCS(=O)(=O)O)=[N+](CCOCCOCCOCCOCCOCCOCCC(=O)ON2C(=O)CCC2=O)c2ccc3c(S(=O)(=O)O)cc(S(=O)(=O)O)cc3c21. The average molecular weight is 1580 g/mol. The van der Waals surface area contributed by atoms with Crippen molar-refractivity contribution >= 4 is 107 Å². The van der Waals surface area contributed by atoms with Gasteiger partial charge in [-0.3, -0.25) is 32.4 Å². The highest BCUT2D eigenvalue weighted by Crippen LogP contribution is 2.55. The number of benzene rings is 4. The number of rotatable bonds is 49. The lowest BCUT2D eigenvalue weighted by molar-refractivity contribution is -0.442. The summed E-state index contributed by atoms with van der Waals surface area (Å²) in [4.78, 5) is 38.8. The van der Waals surface area contributed by atoms with E-state index in [-0.39, 0.29) is 191 Å². The van der Waals surface area contributed by atoms with E-state index in [9.17, 15) is 79.2 Å². The van der Waals surface area contributed by atoms with Crippen molar-refractivity contribution in [1.82, 2.24) is 5.06 Å². The molecule has 0 aliphatic carbocycles. The number of carbonyl (C=O) groups excluding carboxylic acids is 3. The highest BCUT2D eigenvalue weighted by molar-refractivity contribution is 7.87. The van der Waals surface area contributed by atoms with Gasteiger partial charge in [0.25, 0.3) is 62.4 Å². The molecule has 582 valence electrons. The minimum absolute atomic E-state index is 0.00170. The minimum atomic E-state index is -5.12. The summed E-state index contributed by atoms with van der Waals surface area (Å²) in [5.74, 6) is -2.58. The molecular formula is C67H90N3O30S5+. The van der Waals surface area contributed by atoms with E-state index in [0.29, 0.717) is 59.2 Å². The molecule has 105 heavy (non-hydrogen) atoms. The maximum absolute atomic E-state index is 13.1. The van der Waals surface area contributed by atoms with Crippen LogP contribution in [0, 0.1) is 0 Å². The third kappa shape index (κ3) is 24.3. The van der Waals surface area contributed by atoms with Crippen LogP contribution in [0.3, 0.4) is 0 Å². The van der Waals surface area contributed by atoms with Crippen LogP contribution in [-0.4, -0.2) is 263 Å². The number of carbonyl (C=O) groups is 3. The van der Waals surface area contributed by atoms with E-state index in [0.717, 1.165) is 24.3 Å². The number of hydrogen-bond acceptors (Lipinski definition) is 26. The molecule has 2 atom stereocenters. The Balaban J connectivity index is 1.09. The first-order valence-electron chi connectivity index (χ1n) is 33.2. The Kier molecular flexibility index (Phi) is 32.4. The molecule has 0 radical (unpaired) electrons. The van der Waals surface area contributed by atoms with E-state index in [1.165, 1.54) is 19.2 Å². The molecule has 1 fully saturated rings. The van der Waals surface area contributed by atoms with Crippen molar-refractivity contribution in [3.05, 3.63) is 108 Å². The van der Waals surface area contributed by atoms with Crippen LogP contribution in [0.5, 0.6) is 0 Å². The lowest BCUT2D eigenvalue weighted by Gasteiger charge is -2.30. The number of anilines is 1. The van der Waals surface area contributed by atoms with Gasteiger partial charge in [-0.2, -0.15) is 46.7 Å². The quantitative estimate of drug-likeness (QED) is 0.0125. The van der Waals surface area contributed by atoms with Crippen molar-refractivity contribution in [3.8, 4) is 0 Å². The Bertz CT molecular complexity index is 4450. The van der Waals surface area contributed by atoms with E-state index in [1.807, 2.05) is 11.5 Å². The molecule has 1 saturated heterocycles. The molecule has 0 bridgehead atoms. The molecule has 2 amide bonds. The van der Waals surface area contributed by atoms with Gasteiger partial charge in [0.1, 0.15) is 16.4 Å². The van der Waals surface area contributed by atoms with E-state index < -0.39 is 105 Å². The number of nitrogens with zero attached hydrogens (tertiary/aromatic N) is 3. The van der Waals surface area contributed by atoms with Gasteiger partial charge >= 0.3 is 5.97 Å². The summed E-state index contributed by atoms with van der Waals surface area (Å²) in [5, 5.41) is 0.387. The molecular weight excluding hydrogens is 1490 g/mol. The maximum Gasteiger partial charge on any atom is 0.335 e. The molecule has 7 rings (SSSR count). The molecule has 33 nitrogen and oxygen atoms in total. The zero-order chi connectivity index (χ0) is 76.6. The van der Waals surface area contributed by atoms with E-state index >= 15 is 0 Å². The molecule has 4 aromatic carbocycles. The number of amides is 2. The fourth-order valence-electron chi connectivity index (χ4n) is 12.3. The van der Waals surface area contributed by atoms with Crippen LogP contribution in [0.15, 0.2) is 116 Å². The maximum atomic E-state index is 13.1. The molecule has 3 heterocycles. The number of hydrogen-bond donors (Lipinski definition) is 5. The van der Waals surface area contributed by atoms with Gasteiger partial charge in [0.15, 0.2) is 12.3 Å². The largest absolute Gasteiger partial charge is 0.383 e. The second-order valence-electron chi connectivity index (χ2n) is 24.3. The second-order valence-corrected chi connectivity index (χ2v) is 31.5. The first-order valence-corrected chi connectivity index (χ1v) is 40.6. The normalized spacial score (nSPS) is 18.0. The van der Waals surface area contributed by atoms with Crippen molar-refractivity contribution in [2.24, 2.45) is 0 Å². The molecule has 38 heteroatoms. The minimum Gasteiger partial charge on any atom is -0.383 e. The number of hydroxylamine groups is 2. The lowest BCUT2D eigenvalue weighted by atomic mass is 9.75. The fraction of sp³-hybridized carbons (Fsp3) is 0.522. The Labute approximate surface area is 610 Å². The average Bonchev–Trinajstić information content (AvgIpc) is 1.59. The summed E-state index contributed by atoms with van der Waals surface area (Å²) >= 11 is 0. The van der Waals surface area contributed by atoms with E-state index in [2.05, 4.69) is 0 Å². The Hall–Kier alpha value is -6.45. The van der Waals surface area contributed by atoms with Crippen LogP contribution in [0.4, 0.5) is 11.4 Å². The fourth-order valence-corrected chi connectivity index (χ4v) is 15.3. The molecule has 0 saturated carbocycles. The standard InChI is InChI=1S/C67H89N3O30S5/c1-66(20-10-44-101(74,75)76)59(69(22-26-89-3)56-48-58(105(86,87)88)51-14-13-49(102(77,78)79)45-53(51)65(56)66)11-8-6-5-7-9-12-60-67(2,21-25-92-31-34-96-37-36-94-29-28-90-4)64-54-46-50(103(80,81)82)47-57(104(83,84)85)52(54)15-16-55(64)68(60)23-27-93-32-35-97-39-41-99-43-42-98-40-38-95-33-30-91-24-19-63(73)100-70-61(71)17-18-62(70)72/h5-9,11-16,45-48H,10,17-44H2,1-4H3,(H4-,74,75,76,77,78,79,80,81,82,83,84,85,86,87,88)/p+1. The third-order valence-corrected chi connectivity index (χ3v) is 21.4. The summed E-state index contributed by atoms with van der Waals surface area (Å²) in [7, 11) is -21.6. The zero-order valence-corrected chi connectivity index (χ0v) is 62.6. The molecule has 3 aliphatic rings. The van der Waals surface area contributed by atoms with Gasteiger partial charge in [-0.15, -0.1) is 5.06 Å². The molecule has 0 aromatic heterocycles. The van der Waals surface area contributed by atoms with Crippen molar-refractivity contribution in [2.75, 3.05) is 170 Å². The van der Waals surface area contributed by atoms with Crippen LogP contribution < -0.4 is 4.90 Å². The van der Waals surface area contributed by atoms with Crippen LogP contribution in [0.2, 0.25) is 0 Å². The monoisotopic (exact) mass is 1580 g/mol. The van der Waals surface area contributed by atoms with Crippen LogP contribution in [0.25, 0.3) is 21.5 Å². The lowest BCUT2D eigenvalue weighted by Crippen LogP contribution is -2.33. The summed E-state index contributed by atoms with van der Waals surface area (Å²) in [5.41, 5.74) is -0.0580. The van der Waals surface area contributed by atoms with Crippen LogP contribution in [0.1, 0.15) is 63.5 Å². The van der Waals surface area contributed by atoms with Gasteiger partial charge in [-0.05, 0) is 91.9 Å². The number of methoxy groups -OCH3 is 2. The van der Waals surface area contributed by atoms with Crippen molar-refractivity contribution < 1.29 is 141 Å². The van der Waals surface area contributed by atoms with Gasteiger partial charge in [0.05, 0.1) is 146 Å². The number of fused-ring (bicyclic) bond motifs is 6. The number of allylic oxidation sites excluding steroid dienone is 8. The summed E-state index contributed by atoms with van der Waals surface area (Å²) in [6, 6.07) is 9.23. The number of ether oxygens (including phenoxy) is 11. The second kappa shape index (κ2) is 39.6. The molecule has 4 aromatic rings. The zero-order valence-electron chi connectivity index (χ0n) is 58.5. The van der Waals surface area contributed by atoms with Crippen molar-refractivity contribution in [1.29, 1.82) is 0 Å². The molecule has 3 aliphatic heterocycles. The van der Waals surface area contributed by atoms with Crippen molar-refractivity contribution in [2.45, 2.75) is 82.8 Å². The predicted molar refractivity (Wildman–Crippen MR) is 378 cm³/mol. The van der Waals surface area contributed by atoms with Crippen LogP contribution in [-0.2, 0) is 133 Å². The highest BCUT2D eigenvalue weighted by Gasteiger charge is 2.50. The topological polar surface area (TPSA) is 443 Å². The van der Waals surface area contributed by atoms with Crippen molar-refractivity contribution in [3.63, 3.8) is 0 Å². The first kappa shape index (κ1) is 85.8. The predicted octanol–water partition coefficient (Wildman–Crippen LogP) is 5.16. The van der Waals surface area contributed by atoms with E-state index in [4.69, 9.17) is 56.9 Å². The first-order chi connectivity index (χ1) is 49.8. The summed E-state index contributed by atoms with van der Waals surface area (Å²) < 4.78 is 242. The third-order valence-electron chi connectivity index (χ3n) is 17.1. The Morgan fingerprint density at radius 1 is 0.495 bits per heavy atom. The molecule has 2 unspecified atom stereocenters. The summed E-state index contributed by atoms with van der Waals surface area (Å²) in [6.07, 6.45) is 11.6. The molecule has 0 spiro atoms. The molecule has 5 N–H and O–H groups in total. The van der Waals surface area contributed by atoms with Gasteiger partial charge < -0.3 is 61.8 Å². The summed E-state index contributed by atoms with van der Waals surface area (Å²) in [6.45, 7) is 7.95. The highest BCUT2D eigenvalue weighted by atomic mass is 32.2. The number of imide groups is 1. The smallest absolute Gasteiger partial charge is 0.335 e. The van der Waals surface area contributed by atoms with Crippen LogP contribution >= 0.6 is 0 Å².